The Balaban J connectivity index is 2.24. The van der Waals surface area contributed by atoms with Crippen molar-refractivity contribution in [2.45, 2.75) is 6.92 Å². The number of hydrogen-bond acceptors (Lipinski definition) is 6. The van der Waals surface area contributed by atoms with Crippen LogP contribution in [0.4, 0.5) is 5.95 Å². The normalized spacial score (nSPS) is 10.6. The number of carbonyl (C=O) groups is 1. The largest absolute Gasteiger partial charge is 0.493 e. The third-order valence-electron chi connectivity index (χ3n) is 3.16. The van der Waals surface area contributed by atoms with Crippen molar-refractivity contribution in [3.8, 4) is 11.5 Å². The fraction of sp³-hybridized carbons (Fsp3) is 0.353. The van der Waals surface area contributed by atoms with Crippen molar-refractivity contribution in [2.75, 3.05) is 39.2 Å². The predicted molar refractivity (Wildman–Crippen MR) is 96.7 cm³/mol. The average Bonchev–Trinajstić information content (AvgIpc) is 2.57. The number of nitrogens with one attached hydrogen (secondary N) is 1. The molecular formula is C17H21ClN4O3. The Kier molecular flexibility index (Phi) is 6.97. The first-order valence-corrected chi connectivity index (χ1v) is 8.21. The van der Waals surface area contributed by atoms with E-state index in [0.717, 1.165) is 6.54 Å². The van der Waals surface area contributed by atoms with Gasteiger partial charge in [0.15, 0.2) is 0 Å². The van der Waals surface area contributed by atoms with E-state index in [4.69, 9.17) is 21.1 Å². The van der Waals surface area contributed by atoms with E-state index in [1.807, 2.05) is 25.9 Å². The molecule has 2 aromatic rings. The Hall–Kier alpha value is -2.38. The molecule has 0 saturated carbocycles. The van der Waals surface area contributed by atoms with E-state index in [2.05, 4.69) is 15.3 Å². The summed E-state index contributed by atoms with van der Waals surface area (Å²) < 4.78 is 11.3. The Labute approximate surface area is 151 Å². The first-order valence-electron chi connectivity index (χ1n) is 7.83. The highest BCUT2D eigenvalue weighted by Gasteiger charge is 2.20. The Morgan fingerprint density at radius 1 is 1.20 bits per heavy atom. The van der Waals surface area contributed by atoms with Crippen LogP contribution in [0.5, 0.6) is 11.5 Å². The molecule has 1 amide bonds. The number of likely N-dealkylation sites (N-methyl/N-ethyl adjacent to an activating group) is 1. The number of rotatable bonds is 8. The van der Waals surface area contributed by atoms with Crippen molar-refractivity contribution in [1.82, 2.24) is 14.9 Å². The second-order valence-corrected chi connectivity index (χ2v) is 5.83. The van der Waals surface area contributed by atoms with Crippen molar-refractivity contribution in [2.24, 2.45) is 0 Å². The summed E-state index contributed by atoms with van der Waals surface area (Å²) in [5, 5.41) is 3.02. The number of aromatic nitrogens is 2. The molecule has 0 aliphatic carbocycles. The number of hydrogen-bond donors (Lipinski definition) is 1. The Bertz CT molecular complexity index is 708. The van der Waals surface area contributed by atoms with Crippen molar-refractivity contribution >= 4 is 23.5 Å². The molecule has 1 aromatic carbocycles. The van der Waals surface area contributed by atoms with Gasteiger partial charge in [0, 0.05) is 6.54 Å². The van der Waals surface area contributed by atoms with Gasteiger partial charge in [0.05, 0.1) is 24.0 Å². The maximum absolute atomic E-state index is 12.7. The van der Waals surface area contributed by atoms with Crippen LogP contribution in [0.3, 0.4) is 0 Å². The molecule has 7 nitrogen and oxygen atoms in total. The smallest absolute Gasteiger partial charge is 0.265 e. The van der Waals surface area contributed by atoms with Gasteiger partial charge in [-0.2, -0.15) is 0 Å². The molecule has 0 aliphatic heterocycles. The molecule has 0 spiro atoms. The summed E-state index contributed by atoms with van der Waals surface area (Å²) in [4.78, 5) is 22.7. The van der Waals surface area contributed by atoms with Gasteiger partial charge < -0.3 is 14.4 Å². The van der Waals surface area contributed by atoms with E-state index in [1.54, 1.807) is 18.2 Å². The van der Waals surface area contributed by atoms with Gasteiger partial charge in [-0.3, -0.25) is 10.1 Å². The monoisotopic (exact) mass is 364 g/mol. The molecule has 0 bridgehead atoms. The van der Waals surface area contributed by atoms with Gasteiger partial charge in [-0.1, -0.05) is 17.7 Å². The molecule has 0 radical (unpaired) electrons. The number of nitrogens with zero attached hydrogens (tertiary/aromatic N) is 3. The molecule has 0 atom stereocenters. The minimum absolute atomic E-state index is 0.153. The van der Waals surface area contributed by atoms with Gasteiger partial charge in [-0.05, 0) is 33.2 Å². The summed E-state index contributed by atoms with van der Waals surface area (Å²) in [7, 11) is 3.90. The maximum Gasteiger partial charge on any atom is 0.265 e. The highest BCUT2D eigenvalue weighted by molar-refractivity contribution is 6.30. The highest BCUT2D eigenvalue weighted by Crippen LogP contribution is 2.29. The fourth-order valence-electron chi connectivity index (χ4n) is 2.01. The average molecular weight is 365 g/mol. The predicted octanol–water partition coefficient (Wildman–Crippen LogP) is 2.72. The summed E-state index contributed by atoms with van der Waals surface area (Å²) in [6.07, 6.45) is 2.82. The topological polar surface area (TPSA) is 76.6 Å². The van der Waals surface area contributed by atoms with Gasteiger partial charge >= 0.3 is 0 Å². The lowest BCUT2D eigenvalue weighted by Crippen LogP contribution is -2.21. The van der Waals surface area contributed by atoms with E-state index in [0.29, 0.717) is 35.3 Å². The number of halogens is 1. The highest BCUT2D eigenvalue weighted by atomic mass is 35.5. The lowest BCUT2D eigenvalue weighted by Gasteiger charge is -2.16. The van der Waals surface area contributed by atoms with Gasteiger partial charge in [0.25, 0.3) is 5.91 Å². The maximum atomic E-state index is 12.7. The molecule has 1 N–H and O–H groups in total. The van der Waals surface area contributed by atoms with E-state index < -0.39 is 5.91 Å². The first-order chi connectivity index (χ1) is 12.0. The van der Waals surface area contributed by atoms with Crippen LogP contribution in [-0.4, -0.2) is 54.6 Å². The molecule has 0 aliphatic rings. The summed E-state index contributed by atoms with van der Waals surface area (Å²) in [6, 6.07) is 5.24. The quantitative estimate of drug-likeness (QED) is 0.776. The van der Waals surface area contributed by atoms with Crippen molar-refractivity contribution < 1.29 is 14.3 Å². The van der Waals surface area contributed by atoms with E-state index in [-0.39, 0.29) is 5.95 Å². The van der Waals surface area contributed by atoms with Crippen LogP contribution in [0.1, 0.15) is 17.3 Å². The van der Waals surface area contributed by atoms with Crippen LogP contribution in [0.15, 0.2) is 30.6 Å². The number of benzene rings is 1. The minimum atomic E-state index is -0.411. The Morgan fingerprint density at radius 3 is 2.44 bits per heavy atom. The molecule has 2 rings (SSSR count). The van der Waals surface area contributed by atoms with E-state index in [9.17, 15) is 4.79 Å². The molecular weight excluding hydrogens is 344 g/mol. The van der Waals surface area contributed by atoms with Gasteiger partial charge in [-0.25, -0.2) is 9.97 Å². The lowest BCUT2D eigenvalue weighted by atomic mass is 10.1. The molecule has 8 heteroatoms. The minimum Gasteiger partial charge on any atom is -0.493 e. The molecule has 0 saturated heterocycles. The molecule has 0 fully saturated rings. The van der Waals surface area contributed by atoms with Crippen molar-refractivity contribution in [3.63, 3.8) is 0 Å². The van der Waals surface area contributed by atoms with Crippen LogP contribution in [0.25, 0.3) is 0 Å². The molecule has 0 unspecified atom stereocenters. The number of anilines is 1. The van der Waals surface area contributed by atoms with Crippen LogP contribution in [-0.2, 0) is 0 Å². The van der Waals surface area contributed by atoms with Crippen LogP contribution in [0, 0.1) is 0 Å². The van der Waals surface area contributed by atoms with Gasteiger partial charge in [0.1, 0.15) is 23.7 Å². The van der Waals surface area contributed by atoms with Crippen molar-refractivity contribution in [3.05, 3.63) is 41.2 Å². The van der Waals surface area contributed by atoms with Gasteiger partial charge in [0.2, 0.25) is 5.95 Å². The lowest BCUT2D eigenvalue weighted by molar-refractivity contribution is 0.101. The fourth-order valence-corrected chi connectivity index (χ4v) is 2.11. The number of amides is 1. The molecule has 25 heavy (non-hydrogen) atoms. The van der Waals surface area contributed by atoms with E-state index >= 15 is 0 Å². The van der Waals surface area contributed by atoms with Crippen LogP contribution >= 0.6 is 11.6 Å². The summed E-state index contributed by atoms with van der Waals surface area (Å²) >= 11 is 5.76. The zero-order valence-corrected chi connectivity index (χ0v) is 15.2. The summed E-state index contributed by atoms with van der Waals surface area (Å²) in [5.74, 6) is 0.627. The van der Waals surface area contributed by atoms with Crippen LogP contribution < -0.4 is 14.8 Å². The van der Waals surface area contributed by atoms with Crippen molar-refractivity contribution in [1.29, 1.82) is 0 Å². The second-order valence-electron chi connectivity index (χ2n) is 5.39. The second kappa shape index (κ2) is 9.19. The van der Waals surface area contributed by atoms with E-state index in [1.165, 1.54) is 12.4 Å². The zero-order chi connectivity index (χ0) is 18.2. The number of carbonyl (C=O) groups excluding carboxylic acids is 1. The zero-order valence-electron chi connectivity index (χ0n) is 14.5. The first kappa shape index (κ1) is 19.0. The Morgan fingerprint density at radius 2 is 1.84 bits per heavy atom. The van der Waals surface area contributed by atoms with Gasteiger partial charge in [-0.15, -0.1) is 0 Å². The molecule has 1 aromatic heterocycles. The summed E-state index contributed by atoms with van der Waals surface area (Å²) in [5.41, 5.74) is 0.307. The molecule has 134 valence electrons. The van der Waals surface area contributed by atoms with Crippen LogP contribution in [0.2, 0.25) is 5.02 Å². The number of ether oxygens (including phenoxy) is 2. The third-order valence-corrected chi connectivity index (χ3v) is 3.35. The standard InChI is InChI=1S/C17H21ClN4O3/c1-4-24-13-6-5-7-14(25-9-8-22(2)3)15(13)16(23)21-17-19-10-12(18)11-20-17/h5-7,10-11H,4,8-9H2,1-3H3,(H,19,20,21,23). The third kappa shape index (κ3) is 5.58. The SMILES string of the molecule is CCOc1cccc(OCCN(C)C)c1C(=O)Nc1ncc(Cl)cn1. The molecule has 1 heterocycles. The summed E-state index contributed by atoms with van der Waals surface area (Å²) in [6.45, 7) is 3.45.